The van der Waals surface area contributed by atoms with Crippen LogP contribution in [-0.4, -0.2) is 5.97 Å². The number of esters is 1. The molecule has 0 aromatic heterocycles. The van der Waals surface area contributed by atoms with Crippen molar-refractivity contribution in [3.8, 4) is 0 Å². The highest BCUT2D eigenvalue weighted by Gasteiger charge is 2.12. The van der Waals surface area contributed by atoms with Crippen molar-refractivity contribution in [1.82, 2.24) is 0 Å². The summed E-state index contributed by atoms with van der Waals surface area (Å²) in [6.07, 6.45) is 1.75. The average molecular weight is 455 g/mol. The molecule has 4 heteroatoms. The van der Waals surface area contributed by atoms with Gasteiger partial charge < -0.3 is 4.74 Å². The minimum absolute atomic E-state index is 0.216. The number of benzene rings is 4. The fourth-order valence-corrected chi connectivity index (χ4v) is 4.98. The predicted octanol–water partition coefficient (Wildman–Crippen LogP) is 7.99. The first kappa shape index (κ1) is 22.0. The maximum atomic E-state index is 12.5. The molecule has 0 aliphatic carbocycles. The summed E-state index contributed by atoms with van der Waals surface area (Å²) in [5, 5.41) is 0. The first-order chi connectivity index (χ1) is 15.7. The number of rotatable bonds is 8. The first-order valence-electron chi connectivity index (χ1n) is 10.2. The van der Waals surface area contributed by atoms with E-state index in [1.165, 1.54) is 4.90 Å². The Morgan fingerprint density at radius 1 is 0.750 bits per heavy atom. The van der Waals surface area contributed by atoms with Crippen LogP contribution in [0.15, 0.2) is 129 Å². The van der Waals surface area contributed by atoms with E-state index in [0.29, 0.717) is 5.56 Å². The molecule has 4 aromatic rings. The quantitative estimate of drug-likeness (QED) is 0.252. The summed E-state index contributed by atoms with van der Waals surface area (Å²) in [4.78, 5) is 17.1. The van der Waals surface area contributed by atoms with E-state index in [1.807, 2.05) is 54.6 Å². The maximum Gasteiger partial charge on any atom is 0.338 e. The molecule has 0 saturated heterocycles. The van der Waals surface area contributed by atoms with Gasteiger partial charge in [-0.1, -0.05) is 90.8 Å². The summed E-state index contributed by atoms with van der Waals surface area (Å²) >= 11 is 3.39. The van der Waals surface area contributed by atoms with E-state index in [9.17, 15) is 4.79 Å². The van der Waals surface area contributed by atoms with Crippen LogP contribution in [0.1, 0.15) is 21.5 Å². The molecule has 0 atom stereocenters. The minimum Gasteiger partial charge on any atom is -0.457 e. The van der Waals surface area contributed by atoms with Gasteiger partial charge in [0.25, 0.3) is 0 Å². The van der Waals surface area contributed by atoms with Gasteiger partial charge in [0.15, 0.2) is 0 Å². The van der Waals surface area contributed by atoms with Crippen molar-refractivity contribution < 1.29 is 9.53 Å². The van der Waals surface area contributed by atoms with Crippen LogP contribution >= 0.6 is 23.5 Å². The molecule has 32 heavy (non-hydrogen) atoms. The number of hydrogen-bond donors (Lipinski definition) is 0. The van der Waals surface area contributed by atoms with Gasteiger partial charge in [-0.05, 0) is 54.1 Å². The van der Waals surface area contributed by atoms with Crippen molar-refractivity contribution in [3.63, 3.8) is 0 Å². The summed E-state index contributed by atoms with van der Waals surface area (Å²) in [5.74, 6) is -0.334. The normalized spacial score (nSPS) is 10.5. The second kappa shape index (κ2) is 10.9. The van der Waals surface area contributed by atoms with Crippen molar-refractivity contribution in [2.24, 2.45) is 0 Å². The topological polar surface area (TPSA) is 26.3 Å². The zero-order valence-corrected chi connectivity index (χ0v) is 19.1. The van der Waals surface area contributed by atoms with Gasteiger partial charge in [-0.2, -0.15) is 0 Å². The number of hydrogen-bond acceptors (Lipinski definition) is 4. The lowest BCUT2D eigenvalue weighted by Gasteiger charge is -2.12. The highest BCUT2D eigenvalue weighted by Crippen LogP contribution is 2.36. The number of carbonyl (C=O) groups is 1. The van der Waals surface area contributed by atoms with Crippen LogP contribution in [0.4, 0.5) is 0 Å². The standard InChI is InChI=1S/C28H22O2S2/c1-2-21-13-15-22(16-14-21)28(29)30-20-23-17-18-26(31-24-9-5-3-6-10-24)19-27(23)32-25-11-7-4-8-12-25/h2-19H,1,20H2. The molecule has 0 amide bonds. The van der Waals surface area contributed by atoms with E-state index < -0.39 is 0 Å². The first-order valence-corrected chi connectivity index (χ1v) is 11.8. The van der Waals surface area contributed by atoms with E-state index in [2.05, 4.69) is 43.0 Å². The lowest BCUT2D eigenvalue weighted by molar-refractivity contribution is 0.0469. The van der Waals surface area contributed by atoms with Gasteiger partial charge in [0.1, 0.15) is 6.61 Å². The Bertz CT molecular complexity index is 1190. The Balaban J connectivity index is 1.53. The Morgan fingerprint density at radius 3 is 2.00 bits per heavy atom. The van der Waals surface area contributed by atoms with Crippen LogP contribution in [0.5, 0.6) is 0 Å². The largest absolute Gasteiger partial charge is 0.457 e. The molecule has 0 unspecified atom stereocenters. The van der Waals surface area contributed by atoms with Crippen LogP contribution in [0.3, 0.4) is 0 Å². The van der Waals surface area contributed by atoms with Crippen molar-refractivity contribution in [2.75, 3.05) is 0 Å². The molecule has 0 fully saturated rings. The van der Waals surface area contributed by atoms with Gasteiger partial charge >= 0.3 is 5.97 Å². The van der Waals surface area contributed by atoms with Crippen molar-refractivity contribution in [2.45, 2.75) is 26.2 Å². The van der Waals surface area contributed by atoms with Gasteiger partial charge in [0.05, 0.1) is 5.56 Å². The third-order valence-corrected chi connectivity index (χ3v) is 6.83. The van der Waals surface area contributed by atoms with Gasteiger partial charge in [-0.25, -0.2) is 4.79 Å². The van der Waals surface area contributed by atoms with Gasteiger partial charge in [0, 0.05) is 25.1 Å². The molecule has 0 bridgehead atoms. The summed E-state index contributed by atoms with van der Waals surface area (Å²) in [7, 11) is 0. The SMILES string of the molecule is C=Cc1ccc(C(=O)OCc2ccc(Sc3ccccc3)cc2Sc2ccccc2)cc1. The molecule has 0 N–H and O–H groups in total. The molecule has 4 rings (SSSR count). The van der Waals surface area contributed by atoms with E-state index in [0.717, 1.165) is 25.8 Å². The minimum atomic E-state index is -0.334. The van der Waals surface area contributed by atoms with E-state index in [1.54, 1.807) is 41.7 Å². The fraction of sp³-hybridized carbons (Fsp3) is 0.0357. The van der Waals surface area contributed by atoms with Crippen LogP contribution in [0.2, 0.25) is 0 Å². The highest BCUT2D eigenvalue weighted by molar-refractivity contribution is 8.00. The summed E-state index contributed by atoms with van der Waals surface area (Å²) in [6.45, 7) is 3.95. The smallest absolute Gasteiger partial charge is 0.338 e. The van der Waals surface area contributed by atoms with E-state index >= 15 is 0 Å². The van der Waals surface area contributed by atoms with Gasteiger partial charge in [0.2, 0.25) is 0 Å². The number of ether oxygens (including phenoxy) is 1. The van der Waals surface area contributed by atoms with Crippen molar-refractivity contribution >= 4 is 35.6 Å². The van der Waals surface area contributed by atoms with E-state index in [4.69, 9.17) is 4.74 Å². The fourth-order valence-electron chi connectivity index (χ4n) is 3.03. The Labute approximate surface area is 197 Å². The van der Waals surface area contributed by atoms with Gasteiger partial charge in [-0.15, -0.1) is 0 Å². The molecule has 0 radical (unpaired) electrons. The second-order valence-corrected chi connectivity index (χ2v) is 9.26. The highest BCUT2D eigenvalue weighted by atomic mass is 32.2. The van der Waals surface area contributed by atoms with Gasteiger partial charge in [-0.3, -0.25) is 0 Å². The molecule has 2 nitrogen and oxygen atoms in total. The third kappa shape index (κ3) is 5.94. The molecular formula is C28H22O2S2. The van der Waals surface area contributed by atoms with Crippen LogP contribution < -0.4 is 0 Å². The molecule has 158 valence electrons. The Kier molecular flexibility index (Phi) is 7.49. The molecule has 0 spiro atoms. The van der Waals surface area contributed by atoms with Crippen LogP contribution in [-0.2, 0) is 11.3 Å². The van der Waals surface area contributed by atoms with Crippen LogP contribution in [0.25, 0.3) is 6.08 Å². The molecular weight excluding hydrogens is 432 g/mol. The average Bonchev–Trinajstić information content (AvgIpc) is 2.85. The second-order valence-electron chi connectivity index (χ2n) is 7.00. The molecule has 0 aliphatic rings. The van der Waals surface area contributed by atoms with E-state index in [-0.39, 0.29) is 12.6 Å². The Hall–Kier alpha value is -3.21. The zero-order valence-electron chi connectivity index (χ0n) is 17.4. The van der Waals surface area contributed by atoms with Crippen molar-refractivity contribution in [1.29, 1.82) is 0 Å². The molecule has 4 aromatic carbocycles. The lowest BCUT2D eigenvalue weighted by Crippen LogP contribution is -2.06. The third-order valence-electron chi connectivity index (χ3n) is 4.73. The summed E-state index contributed by atoms with van der Waals surface area (Å²) in [6, 6.07) is 34.0. The molecule has 0 saturated carbocycles. The molecule has 0 heterocycles. The zero-order chi connectivity index (χ0) is 22.2. The molecule has 0 aliphatic heterocycles. The van der Waals surface area contributed by atoms with Crippen molar-refractivity contribution in [3.05, 3.63) is 126 Å². The number of carbonyl (C=O) groups excluding carboxylic acids is 1. The Morgan fingerprint density at radius 2 is 1.38 bits per heavy atom. The maximum absolute atomic E-state index is 12.5. The monoisotopic (exact) mass is 454 g/mol. The summed E-state index contributed by atoms with van der Waals surface area (Å²) in [5.41, 5.74) is 2.48. The predicted molar refractivity (Wildman–Crippen MR) is 133 cm³/mol. The summed E-state index contributed by atoms with van der Waals surface area (Å²) < 4.78 is 5.64. The van der Waals surface area contributed by atoms with Crippen LogP contribution in [0, 0.1) is 0 Å². The lowest BCUT2D eigenvalue weighted by atomic mass is 10.1.